The zero-order valence-corrected chi connectivity index (χ0v) is 8.66. The fourth-order valence-electron chi connectivity index (χ4n) is 1.05. The molecule has 0 aliphatic carbocycles. The maximum atomic E-state index is 5.22. The molecule has 1 heterocycles. The Kier molecular flexibility index (Phi) is 3.28. The SMILES string of the molecule is CCC(C)C(C)Nc1nnc(C)o1. The molecule has 0 aliphatic heterocycles. The van der Waals surface area contributed by atoms with Crippen LogP contribution in [0.15, 0.2) is 4.42 Å². The quantitative estimate of drug-likeness (QED) is 0.777. The molecule has 74 valence electrons. The van der Waals surface area contributed by atoms with Gasteiger partial charge in [-0.25, -0.2) is 0 Å². The van der Waals surface area contributed by atoms with Gasteiger partial charge in [-0.05, 0) is 12.8 Å². The van der Waals surface area contributed by atoms with Gasteiger partial charge in [0.25, 0.3) is 0 Å². The Morgan fingerprint density at radius 3 is 2.54 bits per heavy atom. The zero-order valence-electron chi connectivity index (χ0n) is 8.66. The monoisotopic (exact) mass is 183 g/mol. The fourth-order valence-corrected chi connectivity index (χ4v) is 1.05. The molecule has 1 rings (SSSR count). The van der Waals surface area contributed by atoms with E-state index in [1.807, 2.05) is 0 Å². The van der Waals surface area contributed by atoms with Gasteiger partial charge in [0.15, 0.2) is 0 Å². The summed E-state index contributed by atoms with van der Waals surface area (Å²) in [5.74, 6) is 1.20. The standard InChI is InChI=1S/C9H17N3O/c1-5-6(2)7(3)10-9-12-11-8(4)13-9/h6-7H,5H2,1-4H3,(H,10,12). The average molecular weight is 183 g/mol. The smallest absolute Gasteiger partial charge is 0.315 e. The van der Waals surface area contributed by atoms with E-state index in [9.17, 15) is 0 Å². The van der Waals surface area contributed by atoms with Crippen molar-refractivity contribution in [1.29, 1.82) is 0 Å². The third-order valence-corrected chi connectivity index (χ3v) is 2.37. The normalized spacial score (nSPS) is 15.4. The molecule has 4 heteroatoms. The lowest BCUT2D eigenvalue weighted by Crippen LogP contribution is -2.23. The summed E-state index contributed by atoms with van der Waals surface area (Å²) in [4.78, 5) is 0. The summed E-state index contributed by atoms with van der Waals surface area (Å²) in [7, 11) is 0. The van der Waals surface area contributed by atoms with E-state index in [2.05, 4.69) is 36.3 Å². The van der Waals surface area contributed by atoms with Crippen molar-refractivity contribution in [1.82, 2.24) is 10.2 Å². The number of nitrogens with one attached hydrogen (secondary N) is 1. The molecule has 2 unspecified atom stereocenters. The second kappa shape index (κ2) is 4.25. The summed E-state index contributed by atoms with van der Waals surface area (Å²) < 4.78 is 5.22. The first kappa shape index (κ1) is 10.0. The molecule has 0 spiro atoms. The Bertz CT molecular complexity index is 259. The topological polar surface area (TPSA) is 51.0 Å². The Labute approximate surface area is 78.7 Å². The van der Waals surface area contributed by atoms with Gasteiger partial charge in [0.2, 0.25) is 5.89 Å². The average Bonchev–Trinajstić information content (AvgIpc) is 2.49. The molecule has 0 radical (unpaired) electrons. The Morgan fingerprint density at radius 1 is 1.38 bits per heavy atom. The molecule has 2 atom stereocenters. The predicted octanol–water partition coefficient (Wildman–Crippen LogP) is 2.22. The highest BCUT2D eigenvalue weighted by atomic mass is 16.4. The van der Waals surface area contributed by atoms with Crippen LogP contribution in [-0.2, 0) is 0 Å². The number of anilines is 1. The number of rotatable bonds is 4. The van der Waals surface area contributed by atoms with Crippen LogP contribution in [0.3, 0.4) is 0 Å². The van der Waals surface area contributed by atoms with E-state index in [-0.39, 0.29) is 0 Å². The molecule has 0 amide bonds. The van der Waals surface area contributed by atoms with E-state index >= 15 is 0 Å². The first-order chi connectivity index (χ1) is 6.13. The van der Waals surface area contributed by atoms with Crippen LogP contribution in [0.2, 0.25) is 0 Å². The van der Waals surface area contributed by atoms with Crippen molar-refractivity contribution in [3.05, 3.63) is 5.89 Å². The van der Waals surface area contributed by atoms with E-state index in [0.29, 0.717) is 23.9 Å². The minimum absolute atomic E-state index is 0.366. The van der Waals surface area contributed by atoms with Crippen LogP contribution in [0.4, 0.5) is 6.01 Å². The molecule has 0 bridgehead atoms. The third-order valence-electron chi connectivity index (χ3n) is 2.37. The Hall–Kier alpha value is -1.06. The van der Waals surface area contributed by atoms with Gasteiger partial charge in [-0.2, -0.15) is 0 Å². The number of hydrogen-bond donors (Lipinski definition) is 1. The van der Waals surface area contributed by atoms with Crippen LogP contribution in [0.1, 0.15) is 33.1 Å². The highest BCUT2D eigenvalue weighted by molar-refractivity contribution is 5.18. The van der Waals surface area contributed by atoms with Crippen LogP contribution in [0, 0.1) is 12.8 Å². The van der Waals surface area contributed by atoms with Crippen molar-refractivity contribution in [2.24, 2.45) is 5.92 Å². The minimum Gasteiger partial charge on any atom is -0.408 e. The first-order valence-corrected chi connectivity index (χ1v) is 4.70. The van der Waals surface area contributed by atoms with Gasteiger partial charge in [0.1, 0.15) is 0 Å². The summed E-state index contributed by atoms with van der Waals surface area (Å²) >= 11 is 0. The second-order valence-electron chi connectivity index (χ2n) is 3.44. The van der Waals surface area contributed by atoms with Gasteiger partial charge in [0, 0.05) is 13.0 Å². The van der Waals surface area contributed by atoms with Crippen LogP contribution in [0.25, 0.3) is 0 Å². The predicted molar refractivity (Wildman–Crippen MR) is 51.6 cm³/mol. The molecule has 0 aliphatic rings. The zero-order chi connectivity index (χ0) is 9.84. The van der Waals surface area contributed by atoms with E-state index < -0.39 is 0 Å². The van der Waals surface area contributed by atoms with Crippen LogP contribution in [-0.4, -0.2) is 16.2 Å². The largest absolute Gasteiger partial charge is 0.408 e. The minimum atomic E-state index is 0.366. The number of aryl methyl sites for hydroxylation is 1. The molecule has 4 nitrogen and oxygen atoms in total. The van der Waals surface area contributed by atoms with E-state index in [4.69, 9.17) is 4.42 Å². The Balaban J connectivity index is 2.49. The number of nitrogens with zero attached hydrogens (tertiary/aromatic N) is 2. The lowest BCUT2D eigenvalue weighted by atomic mass is 10.0. The highest BCUT2D eigenvalue weighted by Crippen LogP contribution is 2.13. The molecular formula is C9H17N3O. The maximum absolute atomic E-state index is 5.22. The summed E-state index contributed by atoms with van der Waals surface area (Å²) in [6, 6.07) is 0.884. The number of hydrogen-bond acceptors (Lipinski definition) is 4. The number of aromatic nitrogens is 2. The molecule has 0 saturated carbocycles. The van der Waals surface area contributed by atoms with Crippen LogP contribution >= 0.6 is 0 Å². The molecular weight excluding hydrogens is 166 g/mol. The van der Waals surface area contributed by atoms with Gasteiger partial charge in [-0.1, -0.05) is 25.4 Å². The molecule has 0 aromatic carbocycles. The van der Waals surface area contributed by atoms with E-state index in [1.165, 1.54) is 0 Å². The molecule has 0 fully saturated rings. The van der Waals surface area contributed by atoms with Gasteiger partial charge in [-0.3, -0.25) is 0 Å². The Morgan fingerprint density at radius 2 is 2.08 bits per heavy atom. The molecule has 1 N–H and O–H groups in total. The maximum Gasteiger partial charge on any atom is 0.315 e. The van der Waals surface area contributed by atoms with Crippen molar-refractivity contribution < 1.29 is 4.42 Å². The first-order valence-electron chi connectivity index (χ1n) is 4.70. The van der Waals surface area contributed by atoms with Crippen LogP contribution in [0.5, 0.6) is 0 Å². The summed E-state index contributed by atoms with van der Waals surface area (Å²) in [5, 5.41) is 10.8. The van der Waals surface area contributed by atoms with Gasteiger partial charge in [0.05, 0.1) is 0 Å². The molecule has 0 saturated heterocycles. The van der Waals surface area contributed by atoms with Gasteiger partial charge in [-0.15, -0.1) is 5.10 Å². The molecule has 13 heavy (non-hydrogen) atoms. The highest BCUT2D eigenvalue weighted by Gasteiger charge is 2.12. The second-order valence-corrected chi connectivity index (χ2v) is 3.44. The van der Waals surface area contributed by atoms with E-state index in [0.717, 1.165) is 6.42 Å². The lowest BCUT2D eigenvalue weighted by Gasteiger charge is -2.17. The fraction of sp³-hybridized carbons (Fsp3) is 0.778. The van der Waals surface area contributed by atoms with Crippen molar-refractivity contribution in [2.75, 3.05) is 5.32 Å². The molecule has 1 aromatic heterocycles. The lowest BCUT2D eigenvalue weighted by molar-refractivity contribution is 0.466. The van der Waals surface area contributed by atoms with Gasteiger partial charge >= 0.3 is 6.01 Å². The summed E-state index contributed by atoms with van der Waals surface area (Å²) in [6.07, 6.45) is 1.14. The van der Waals surface area contributed by atoms with E-state index in [1.54, 1.807) is 6.92 Å². The summed E-state index contributed by atoms with van der Waals surface area (Å²) in [5.41, 5.74) is 0. The van der Waals surface area contributed by atoms with Gasteiger partial charge < -0.3 is 9.73 Å². The van der Waals surface area contributed by atoms with Crippen molar-refractivity contribution in [2.45, 2.75) is 40.2 Å². The third kappa shape index (κ3) is 2.72. The molecule has 1 aromatic rings. The summed E-state index contributed by atoms with van der Waals surface area (Å²) in [6.45, 7) is 8.27. The van der Waals surface area contributed by atoms with Crippen molar-refractivity contribution >= 4 is 6.01 Å². The van der Waals surface area contributed by atoms with Crippen molar-refractivity contribution in [3.63, 3.8) is 0 Å². The van der Waals surface area contributed by atoms with Crippen LogP contribution < -0.4 is 5.32 Å². The van der Waals surface area contributed by atoms with Crippen molar-refractivity contribution in [3.8, 4) is 0 Å².